The van der Waals surface area contributed by atoms with Gasteiger partial charge < -0.3 is 11.1 Å². The SMILES string of the molecule is Cc1n[nH]c2ccc(-c3nnc(N[C@H](CN)Cc4ccccc4)s3)cc12. The van der Waals surface area contributed by atoms with Gasteiger partial charge in [-0.1, -0.05) is 41.7 Å². The molecule has 6 nitrogen and oxygen atoms in total. The first-order chi connectivity index (χ1) is 12.7. The fourth-order valence-electron chi connectivity index (χ4n) is 2.94. The molecule has 132 valence electrons. The molecular weight excluding hydrogens is 344 g/mol. The summed E-state index contributed by atoms with van der Waals surface area (Å²) in [5, 5.41) is 22.1. The first-order valence-corrected chi connectivity index (χ1v) is 9.33. The molecule has 0 fully saturated rings. The second kappa shape index (κ2) is 7.23. The van der Waals surface area contributed by atoms with Gasteiger partial charge in [0.25, 0.3) is 0 Å². The Kier molecular flexibility index (Phi) is 4.64. The van der Waals surface area contributed by atoms with Crippen LogP contribution in [0.2, 0.25) is 0 Å². The number of nitrogens with one attached hydrogen (secondary N) is 2. The molecule has 4 aromatic rings. The number of nitrogens with two attached hydrogens (primary N) is 1. The smallest absolute Gasteiger partial charge is 0.206 e. The first kappa shape index (κ1) is 16.7. The van der Waals surface area contributed by atoms with Crippen LogP contribution in [0, 0.1) is 6.92 Å². The van der Waals surface area contributed by atoms with Crippen molar-refractivity contribution in [2.24, 2.45) is 5.73 Å². The summed E-state index contributed by atoms with van der Waals surface area (Å²) in [7, 11) is 0. The molecule has 0 spiro atoms. The Labute approximate surface area is 155 Å². The van der Waals surface area contributed by atoms with Crippen LogP contribution in [0.3, 0.4) is 0 Å². The van der Waals surface area contributed by atoms with Gasteiger partial charge in [-0.2, -0.15) is 5.10 Å². The van der Waals surface area contributed by atoms with Gasteiger partial charge in [-0.25, -0.2) is 0 Å². The van der Waals surface area contributed by atoms with E-state index in [4.69, 9.17) is 5.73 Å². The van der Waals surface area contributed by atoms with Crippen LogP contribution in [0.5, 0.6) is 0 Å². The zero-order valence-corrected chi connectivity index (χ0v) is 15.3. The predicted octanol–water partition coefficient (Wildman–Crippen LogP) is 3.37. The van der Waals surface area contributed by atoms with Gasteiger partial charge in [0.2, 0.25) is 5.13 Å². The first-order valence-electron chi connectivity index (χ1n) is 8.52. The van der Waals surface area contributed by atoms with E-state index in [1.54, 1.807) is 0 Å². The molecule has 0 amide bonds. The topological polar surface area (TPSA) is 92.5 Å². The Morgan fingerprint density at radius 1 is 1.15 bits per heavy atom. The van der Waals surface area contributed by atoms with Crippen molar-refractivity contribution in [3.05, 3.63) is 59.8 Å². The van der Waals surface area contributed by atoms with Crippen LogP contribution in [0.4, 0.5) is 5.13 Å². The number of rotatable bonds is 6. The zero-order valence-electron chi connectivity index (χ0n) is 14.4. The van der Waals surface area contributed by atoms with E-state index in [-0.39, 0.29) is 6.04 Å². The number of benzene rings is 2. The van der Waals surface area contributed by atoms with Crippen LogP contribution in [0.15, 0.2) is 48.5 Å². The van der Waals surface area contributed by atoms with E-state index < -0.39 is 0 Å². The van der Waals surface area contributed by atoms with Gasteiger partial charge in [0.05, 0.1) is 11.2 Å². The highest BCUT2D eigenvalue weighted by Crippen LogP contribution is 2.29. The minimum absolute atomic E-state index is 0.122. The fourth-order valence-corrected chi connectivity index (χ4v) is 3.76. The van der Waals surface area contributed by atoms with Crippen molar-refractivity contribution in [1.29, 1.82) is 0 Å². The Morgan fingerprint density at radius 2 is 2.00 bits per heavy atom. The third-order valence-corrected chi connectivity index (χ3v) is 5.27. The van der Waals surface area contributed by atoms with Crippen molar-refractivity contribution in [1.82, 2.24) is 20.4 Å². The molecule has 0 saturated carbocycles. The molecule has 2 heterocycles. The average Bonchev–Trinajstić information content (AvgIpc) is 3.29. The zero-order chi connectivity index (χ0) is 17.9. The highest BCUT2D eigenvalue weighted by Gasteiger charge is 2.13. The van der Waals surface area contributed by atoms with Crippen molar-refractivity contribution in [3.63, 3.8) is 0 Å². The second-order valence-corrected chi connectivity index (χ2v) is 7.23. The Bertz CT molecular complexity index is 1010. The van der Waals surface area contributed by atoms with Crippen LogP contribution in [-0.2, 0) is 6.42 Å². The lowest BCUT2D eigenvalue weighted by Crippen LogP contribution is -2.30. The van der Waals surface area contributed by atoms with Crippen molar-refractivity contribution in [2.75, 3.05) is 11.9 Å². The normalized spacial score (nSPS) is 12.4. The van der Waals surface area contributed by atoms with Crippen molar-refractivity contribution in [2.45, 2.75) is 19.4 Å². The van der Waals surface area contributed by atoms with E-state index in [9.17, 15) is 0 Å². The van der Waals surface area contributed by atoms with E-state index in [0.717, 1.165) is 38.7 Å². The molecule has 1 atom stereocenters. The van der Waals surface area contributed by atoms with Crippen LogP contribution >= 0.6 is 11.3 Å². The standard InChI is InChI=1S/C19H20N6S/c1-12-16-10-14(7-8-17(16)23-22-12)18-24-25-19(26-18)21-15(11-20)9-13-5-3-2-4-6-13/h2-8,10,15H,9,11,20H2,1H3,(H,21,25)(H,22,23)/t15-/m0/s1. The maximum absolute atomic E-state index is 5.94. The average molecular weight is 364 g/mol. The Morgan fingerprint density at radius 3 is 2.81 bits per heavy atom. The largest absolute Gasteiger partial charge is 0.356 e. The van der Waals surface area contributed by atoms with Crippen LogP contribution in [-0.4, -0.2) is 33.0 Å². The maximum atomic E-state index is 5.94. The molecule has 0 radical (unpaired) electrons. The van der Waals surface area contributed by atoms with Gasteiger partial charge in [0.1, 0.15) is 5.01 Å². The van der Waals surface area contributed by atoms with Gasteiger partial charge in [-0.05, 0) is 37.1 Å². The maximum Gasteiger partial charge on any atom is 0.206 e. The van der Waals surface area contributed by atoms with Crippen molar-refractivity contribution in [3.8, 4) is 10.6 Å². The minimum Gasteiger partial charge on any atom is -0.356 e. The molecule has 26 heavy (non-hydrogen) atoms. The van der Waals surface area contributed by atoms with Gasteiger partial charge in [0, 0.05) is 23.5 Å². The van der Waals surface area contributed by atoms with Crippen LogP contribution < -0.4 is 11.1 Å². The van der Waals surface area contributed by atoms with E-state index in [1.807, 2.05) is 37.3 Å². The minimum atomic E-state index is 0.122. The quantitative estimate of drug-likeness (QED) is 0.488. The van der Waals surface area contributed by atoms with E-state index in [1.165, 1.54) is 16.9 Å². The number of fused-ring (bicyclic) bond motifs is 1. The number of anilines is 1. The summed E-state index contributed by atoms with van der Waals surface area (Å²) in [5.41, 5.74) is 10.2. The molecule has 0 bridgehead atoms. The van der Waals surface area contributed by atoms with Crippen molar-refractivity contribution < 1.29 is 0 Å². The molecule has 2 aromatic heterocycles. The van der Waals surface area contributed by atoms with Gasteiger partial charge >= 0.3 is 0 Å². The number of aromatic nitrogens is 4. The highest BCUT2D eigenvalue weighted by atomic mass is 32.1. The van der Waals surface area contributed by atoms with Gasteiger partial charge in [-0.15, -0.1) is 10.2 Å². The molecular formula is C19H20N6S. The number of nitrogens with zero attached hydrogens (tertiary/aromatic N) is 3. The summed E-state index contributed by atoms with van der Waals surface area (Å²) < 4.78 is 0. The summed E-state index contributed by atoms with van der Waals surface area (Å²) in [6.45, 7) is 2.52. The summed E-state index contributed by atoms with van der Waals surface area (Å²) >= 11 is 1.54. The lowest BCUT2D eigenvalue weighted by Gasteiger charge is -2.15. The second-order valence-electron chi connectivity index (χ2n) is 6.25. The number of H-pyrrole nitrogens is 1. The molecule has 0 aliphatic rings. The summed E-state index contributed by atoms with van der Waals surface area (Å²) in [6.07, 6.45) is 0.854. The molecule has 7 heteroatoms. The monoisotopic (exact) mass is 364 g/mol. The summed E-state index contributed by atoms with van der Waals surface area (Å²) in [4.78, 5) is 0. The molecule has 0 aliphatic carbocycles. The van der Waals surface area contributed by atoms with Gasteiger partial charge in [0.15, 0.2) is 0 Å². The van der Waals surface area contributed by atoms with Crippen molar-refractivity contribution >= 4 is 27.4 Å². The third kappa shape index (κ3) is 3.44. The Balaban J connectivity index is 1.52. The molecule has 0 saturated heterocycles. The summed E-state index contributed by atoms with van der Waals surface area (Å²) in [6, 6.07) is 16.6. The van der Waals surface area contributed by atoms with E-state index in [2.05, 4.69) is 43.9 Å². The predicted molar refractivity (Wildman–Crippen MR) is 106 cm³/mol. The lowest BCUT2D eigenvalue weighted by molar-refractivity contribution is 0.721. The lowest BCUT2D eigenvalue weighted by atomic mass is 10.1. The molecule has 2 aromatic carbocycles. The van der Waals surface area contributed by atoms with E-state index in [0.29, 0.717) is 6.54 Å². The van der Waals surface area contributed by atoms with Crippen LogP contribution in [0.1, 0.15) is 11.3 Å². The number of aromatic amines is 1. The molecule has 0 unspecified atom stereocenters. The van der Waals surface area contributed by atoms with Crippen LogP contribution in [0.25, 0.3) is 21.5 Å². The Hall–Kier alpha value is -2.77. The summed E-state index contributed by atoms with van der Waals surface area (Å²) in [5.74, 6) is 0. The third-order valence-electron chi connectivity index (χ3n) is 4.36. The number of hydrogen-bond donors (Lipinski definition) is 3. The fraction of sp³-hybridized carbons (Fsp3) is 0.211. The molecule has 4 rings (SSSR count). The molecule has 4 N–H and O–H groups in total. The number of hydrogen-bond acceptors (Lipinski definition) is 6. The highest BCUT2D eigenvalue weighted by molar-refractivity contribution is 7.18. The molecule has 0 aliphatic heterocycles. The van der Waals surface area contributed by atoms with E-state index >= 15 is 0 Å². The number of aryl methyl sites for hydroxylation is 1. The van der Waals surface area contributed by atoms with Gasteiger partial charge in [-0.3, -0.25) is 5.10 Å².